The molecule has 0 spiro atoms. The van der Waals surface area contributed by atoms with E-state index in [0.717, 1.165) is 43.0 Å². The van der Waals surface area contributed by atoms with Crippen LogP contribution in [0.3, 0.4) is 0 Å². The molecule has 0 bridgehead atoms. The van der Waals surface area contributed by atoms with Gasteiger partial charge < -0.3 is 10.6 Å². The Morgan fingerprint density at radius 1 is 1.37 bits per heavy atom. The quantitative estimate of drug-likeness (QED) is 0.848. The minimum Gasteiger partial charge on any atom is -0.398 e. The maximum absolute atomic E-state index is 12.4. The number of nitrogens with two attached hydrogens (primary N) is 1. The second kappa shape index (κ2) is 6.09. The third-order valence-corrected chi connectivity index (χ3v) is 4.12. The van der Waals surface area contributed by atoms with Gasteiger partial charge in [0.05, 0.1) is 0 Å². The minimum absolute atomic E-state index is 0.127. The van der Waals surface area contributed by atoms with Crippen molar-refractivity contribution in [1.29, 1.82) is 0 Å². The molecule has 1 fully saturated rings. The molecule has 1 aromatic carbocycles. The van der Waals surface area contributed by atoms with Crippen LogP contribution in [-0.4, -0.2) is 23.9 Å². The second-order valence-electron chi connectivity index (χ2n) is 5.60. The Hall–Kier alpha value is -1.51. The first-order valence-electron chi connectivity index (χ1n) is 7.27. The van der Waals surface area contributed by atoms with Crippen LogP contribution < -0.4 is 5.73 Å². The van der Waals surface area contributed by atoms with Crippen molar-refractivity contribution in [2.45, 2.75) is 39.5 Å². The van der Waals surface area contributed by atoms with Gasteiger partial charge in [0, 0.05) is 24.3 Å². The Balaban J connectivity index is 1.99. The van der Waals surface area contributed by atoms with Crippen LogP contribution in [0.4, 0.5) is 5.69 Å². The molecule has 2 rings (SSSR count). The molecule has 0 unspecified atom stereocenters. The molecule has 0 aliphatic carbocycles. The summed E-state index contributed by atoms with van der Waals surface area (Å²) in [6.07, 6.45) is 4.81. The van der Waals surface area contributed by atoms with E-state index >= 15 is 0 Å². The molecule has 104 valence electrons. The van der Waals surface area contributed by atoms with Crippen LogP contribution in [0.15, 0.2) is 18.2 Å². The number of hydrogen-bond donors (Lipinski definition) is 1. The number of aryl methyl sites for hydroxylation is 1. The maximum atomic E-state index is 12.4. The average Bonchev–Trinajstić information content (AvgIpc) is 2.42. The predicted molar refractivity (Wildman–Crippen MR) is 79.1 cm³/mol. The molecule has 0 saturated carbocycles. The van der Waals surface area contributed by atoms with Gasteiger partial charge in [0.25, 0.3) is 5.91 Å². The predicted octanol–water partition coefficient (Wildman–Crippen LogP) is 3.23. The van der Waals surface area contributed by atoms with Crippen LogP contribution in [0, 0.1) is 12.8 Å². The zero-order valence-corrected chi connectivity index (χ0v) is 12.0. The van der Waals surface area contributed by atoms with Gasteiger partial charge in [0.1, 0.15) is 0 Å². The maximum Gasteiger partial charge on any atom is 0.253 e. The van der Waals surface area contributed by atoms with E-state index in [2.05, 4.69) is 6.92 Å². The van der Waals surface area contributed by atoms with Crippen molar-refractivity contribution in [3.8, 4) is 0 Å². The summed E-state index contributed by atoms with van der Waals surface area (Å²) < 4.78 is 0. The van der Waals surface area contributed by atoms with Gasteiger partial charge in [-0.2, -0.15) is 0 Å². The first kappa shape index (κ1) is 13.9. The van der Waals surface area contributed by atoms with Crippen molar-refractivity contribution in [1.82, 2.24) is 4.90 Å². The summed E-state index contributed by atoms with van der Waals surface area (Å²) in [4.78, 5) is 14.4. The molecule has 2 N–H and O–H groups in total. The van der Waals surface area contributed by atoms with Gasteiger partial charge in [-0.25, -0.2) is 0 Å². The highest BCUT2D eigenvalue weighted by Gasteiger charge is 2.23. The number of carbonyl (C=O) groups is 1. The van der Waals surface area contributed by atoms with Gasteiger partial charge in [0.15, 0.2) is 0 Å². The number of rotatable bonds is 3. The highest BCUT2D eigenvalue weighted by atomic mass is 16.2. The molecule has 19 heavy (non-hydrogen) atoms. The molecule has 1 saturated heterocycles. The van der Waals surface area contributed by atoms with Gasteiger partial charge in [-0.05, 0) is 43.4 Å². The van der Waals surface area contributed by atoms with Crippen molar-refractivity contribution < 1.29 is 4.79 Å². The molecule has 0 aromatic heterocycles. The molecule has 0 radical (unpaired) electrons. The number of amides is 1. The van der Waals surface area contributed by atoms with Gasteiger partial charge in [-0.1, -0.05) is 25.8 Å². The van der Waals surface area contributed by atoms with Crippen molar-refractivity contribution >= 4 is 11.6 Å². The van der Waals surface area contributed by atoms with E-state index in [9.17, 15) is 4.79 Å². The van der Waals surface area contributed by atoms with Gasteiger partial charge in [-0.3, -0.25) is 4.79 Å². The summed E-state index contributed by atoms with van der Waals surface area (Å²) in [6.45, 7) is 5.96. The highest BCUT2D eigenvalue weighted by molar-refractivity contribution is 5.95. The van der Waals surface area contributed by atoms with E-state index in [1.807, 2.05) is 24.0 Å². The summed E-state index contributed by atoms with van der Waals surface area (Å²) in [5, 5.41) is 0. The molecule has 1 heterocycles. The lowest BCUT2D eigenvalue weighted by atomic mass is 9.92. The summed E-state index contributed by atoms with van der Waals surface area (Å²) >= 11 is 0. The molecule has 3 heteroatoms. The normalized spacial score (nSPS) is 16.6. The molecular formula is C16H24N2O. The Labute approximate surface area is 115 Å². The van der Waals surface area contributed by atoms with Crippen molar-refractivity contribution in [3.63, 3.8) is 0 Å². The van der Waals surface area contributed by atoms with Gasteiger partial charge in [0.2, 0.25) is 0 Å². The molecule has 1 amide bonds. The Morgan fingerprint density at radius 2 is 2.05 bits per heavy atom. The third kappa shape index (κ3) is 3.28. The lowest BCUT2D eigenvalue weighted by molar-refractivity contribution is 0.0686. The van der Waals surface area contributed by atoms with Crippen molar-refractivity contribution in [2.24, 2.45) is 5.92 Å². The van der Waals surface area contributed by atoms with E-state index in [1.165, 1.54) is 12.8 Å². The van der Waals surface area contributed by atoms with E-state index in [0.29, 0.717) is 5.69 Å². The second-order valence-corrected chi connectivity index (χ2v) is 5.60. The summed E-state index contributed by atoms with van der Waals surface area (Å²) in [6, 6.07) is 5.61. The number of hydrogen-bond acceptors (Lipinski definition) is 2. The lowest BCUT2D eigenvalue weighted by Crippen LogP contribution is -2.38. The SMILES string of the molecule is CCCC1CCN(C(=O)c2ccc(C)c(N)c2)CC1. The Kier molecular flexibility index (Phi) is 4.46. The zero-order valence-electron chi connectivity index (χ0n) is 12.0. The number of nitrogens with zero attached hydrogens (tertiary/aromatic N) is 1. The average molecular weight is 260 g/mol. The fraction of sp³-hybridized carbons (Fsp3) is 0.562. The first-order chi connectivity index (χ1) is 9.11. The Morgan fingerprint density at radius 3 is 2.63 bits per heavy atom. The van der Waals surface area contributed by atoms with Crippen LogP contribution >= 0.6 is 0 Å². The lowest BCUT2D eigenvalue weighted by Gasteiger charge is -2.32. The monoisotopic (exact) mass is 260 g/mol. The standard InChI is InChI=1S/C16H24N2O/c1-3-4-13-7-9-18(10-8-13)16(19)14-6-5-12(2)15(17)11-14/h5-6,11,13H,3-4,7-10,17H2,1-2H3. The van der Waals surface area contributed by atoms with Gasteiger partial charge >= 0.3 is 0 Å². The molecule has 3 nitrogen and oxygen atoms in total. The van der Waals surface area contributed by atoms with Crippen LogP contribution in [0.1, 0.15) is 48.5 Å². The van der Waals surface area contributed by atoms with Crippen molar-refractivity contribution in [2.75, 3.05) is 18.8 Å². The number of anilines is 1. The summed E-state index contributed by atoms with van der Waals surface area (Å²) in [7, 11) is 0. The highest BCUT2D eigenvalue weighted by Crippen LogP contribution is 2.23. The van der Waals surface area contributed by atoms with Gasteiger partial charge in [-0.15, -0.1) is 0 Å². The summed E-state index contributed by atoms with van der Waals surface area (Å²) in [5.41, 5.74) is 8.33. The van der Waals surface area contributed by atoms with E-state index < -0.39 is 0 Å². The largest absolute Gasteiger partial charge is 0.398 e. The van der Waals surface area contributed by atoms with Crippen LogP contribution in [-0.2, 0) is 0 Å². The zero-order chi connectivity index (χ0) is 13.8. The topological polar surface area (TPSA) is 46.3 Å². The van der Waals surface area contributed by atoms with E-state index in [1.54, 1.807) is 6.07 Å². The number of likely N-dealkylation sites (tertiary alicyclic amines) is 1. The van der Waals surface area contributed by atoms with Crippen LogP contribution in [0.5, 0.6) is 0 Å². The van der Waals surface area contributed by atoms with Crippen molar-refractivity contribution in [3.05, 3.63) is 29.3 Å². The molecule has 0 atom stereocenters. The van der Waals surface area contributed by atoms with E-state index in [4.69, 9.17) is 5.73 Å². The molecule has 1 aliphatic heterocycles. The first-order valence-corrected chi connectivity index (χ1v) is 7.27. The molecule has 1 aliphatic rings. The third-order valence-electron chi connectivity index (χ3n) is 4.12. The Bertz CT molecular complexity index is 448. The van der Waals surface area contributed by atoms with Crippen LogP contribution in [0.2, 0.25) is 0 Å². The fourth-order valence-corrected chi connectivity index (χ4v) is 2.79. The number of nitrogen functional groups attached to an aromatic ring is 1. The molecular weight excluding hydrogens is 236 g/mol. The number of benzene rings is 1. The fourth-order valence-electron chi connectivity index (χ4n) is 2.79. The minimum atomic E-state index is 0.127. The smallest absolute Gasteiger partial charge is 0.253 e. The number of carbonyl (C=O) groups excluding carboxylic acids is 1. The van der Waals surface area contributed by atoms with E-state index in [-0.39, 0.29) is 5.91 Å². The number of piperidine rings is 1. The summed E-state index contributed by atoms with van der Waals surface area (Å²) in [5.74, 6) is 0.929. The molecule has 1 aromatic rings. The van der Waals surface area contributed by atoms with Crippen LogP contribution in [0.25, 0.3) is 0 Å².